The van der Waals surface area contributed by atoms with Gasteiger partial charge in [-0.25, -0.2) is 18.1 Å². The standard InChI is InChI=1S/C14H25N5O3S/c1-11-17-13(10-18(11)2)23(21,22)16-7-6-14(20)19-8-4-3-5-12(19)9-15/h10,12,16H,3-9,15H2,1-2H3. The van der Waals surface area contributed by atoms with E-state index in [0.717, 1.165) is 19.3 Å². The molecule has 2 heterocycles. The first-order chi connectivity index (χ1) is 10.8. The van der Waals surface area contributed by atoms with Crippen molar-refractivity contribution in [2.24, 2.45) is 12.8 Å². The zero-order valence-corrected chi connectivity index (χ0v) is 14.5. The summed E-state index contributed by atoms with van der Waals surface area (Å²) in [7, 11) is -1.95. The van der Waals surface area contributed by atoms with Crippen molar-refractivity contribution in [1.82, 2.24) is 19.2 Å². The lowest BCUT2D eigenvalue weighted by molar-refractivity contribution is -0.134. The van der Waals surface area contributed by atoms with Crippen LogP contribution in [0.25, 0.3) is 0 Å². The number of nitrogens with two attached hydrogens (primary N) is 1. The van der Waals surface area contributed by atoms with Crippen LogP contribution < -0.4 is 10.5 Å². The number of aryl methyl sites for hydroxylation is 2. The van der Waals surface area contributed by atoms with E-state index in [1.165, 1.54) is 6.20 Å². The van der Waals surface area contributed by atoms with Crippen molar-refractivity contribution >= 4 is 15.9 Å². The maximum Gasteiger partial charge on any atom is 0.259 e. The highest BCUT2D eigenvalue weighted by Gasteiger charge is 2.26. The minimum Gasteiger partial charge on any atom is -0.338 e. The fraction of sp³-hybridized carbons (Fsp3) is 0.714. The Bertz CT molecular complexity index is 636. The zero-order valence-electron chi connectivity index (χ0n) is 13.7. The van der Waals surface area contributed by atoms with Gasteiger partial charge >= 0.3 is 0 Å². The molecule has 9 heteroatoms. The molecule has 0 saturated carbocycles. The van der Waals surface area contributed by atoms with Gasteiger partial charge in [0.15, 0.2) is 5.03 Å². The van der Waals surface area contributed by atoms with Crippen LogP contribution in [0.3, 0.4) is 0 Å². The van der Waals surface area contributed by atoms with Gasteiger partial charge in [-0.15, -0.1) is 0 Å². The zero-order chi connectivity index (χ0) is 17.0. The van der Waals surface area contributed by atoms with Gasteiger partial charge in [0.1, 0.15) is 5.82 Å². The molecule has 0 spiro atoms. The number of hydrogen-bond donors (Lipinski definition) is 2. The second-order valence-electron chi connectivity index (χ2n) is 5.86. The first kappa shape index (κ1) is 17.9. The Morgan fingerprint density at radius 2 is 2.22 bits per heavy atom. The molecule has 2 rings (SSSR count). The Kier molecular flexibility index (Phi) is 5.77. The second kappa shape index (κ2) is 7.41. The monoisotopic (exact) mass is 343 g/mol. The molecule has 1 saturated heterocycles. The third kappa shape index (κ3) is 4.30. The fourth-order valence-corrected chi connectivity index (χ4v) is 3.81. The normalized spacial score (nSPS) is 19.1. The summed E-state index contributed by atoms with van der Waals surface area (Å²) in [6.07, 6.45) is 4.55. The fourth-order valence-electron chi connectivity index (χ4n) is 2.74. The van der Waals surface area contributed by atoms with Crippen molar-refractivity contribution in [1.29, 1.82) is 0 Å². The van der Waals surface area contributed by atoms with E-state index >= 15 is 0 Å². The molecule has 3 N–H and O–H groups in total. The molecule has 0 aromatic carbocycles. The number of sulfonamides is 1. The van der Waals surface area contributed by atoms with Crippen LogP contribution in [-0.2, 0) is 21.9 Å². The summed E-state index contributed by atoms with van der Waals surface area (Å²) >= 11 is 0. The first-order valence-corrected chi connectivity index (χ1v) is 9.32. The highest BCUT2D eigenvalue weighted by molar-refractivity contribution is 7.89. The number of likely N-dealkylation sites (tertiary alicyclic amines) is 1. The van der Waals surface area contributed by atoms with Crippen LogP contribution in [0.4, 0.5) is 0 Å². The molecule has 0 radical (unpaired) electrons. The van der Waals surface area contributed by atoms with Gasteiger partial charge in [0.2, 0.25) is 5.91 Å². The molecule has 0 aliphatic carbocycles. The Morgan fingerprint density at radius 1 is 1.48 bits per heavy atom. The number of imidazole rings is 1. The number of carbonyl (C=O) groups is 1. The highest BCUT2D eigenvalue weighted by Crippen LogP contribution is 2.17. The number of amides is 1. The number of carbonyl (C=O) groups excluding carboxylic acids is 1. The molecule has 1 unspecified atom stereocenters. The largest absolute Gasteiger partial charge is 0.338 e. The maximum atomic E-state index is 12.3. The van der Waals surface area contributed by atoms with E-state index in [-0.39, 0.29) is 29.9 Å². The SMILES string of the molecule is Cc1nc(S(=O)(=O)NCCC(=O)N2CCCCC2CN)cn1C. The topological polar surface area (TPSA) is 110 Å². The van der Waals surface area contributed by atoms with Gasteiger partial charge in [-0.1, -0.05) is 0 Å². The highest BCUT2D eigenvalue weighted by atomic mass is 32.2. The summed E-state index contributed by atoms with van der Waals surface area (Å²) < 4.78 is 28.4. The van der Waals surface area contributed by atoms with Crippen molar-refractivity contribution in [3.05, 3.63) is 12.0 Å². The van der Waals surface area contributed by atoms with Gasteiger partial charge in [-0.2, -0.15) is 0 Å². The van der Waals surface area contributed by atoms with Crippen molar-refractivity contribution in [2.45, 2.75) is 43.7 Å². The summed E-state index contributed by atoms with van der Waals surface area (Å²) in [5.41, 5.74) is 5.71. The van der Waals surface area contributed by atoms with Gasteiger partial charge < -0.3 is 15.2 Å². The number of piperidine rings is 1. The smallest absolute Gasteiger partial charge is 0.259 e. The van der Waals surface area contributed by atoms with Crippen LogP contribution in [0.5, 0.6) is 0 Å². The van der Waals surface area contributed by atoms with Gasteiger partial charge in [0.05, 0.1) is 0 Å². The van der Waals surface area contributed by atoms with E-state index < -0.39 is 10.0 Å². The number of rotatable bonds is 6. The molecule has 130 valence electrons. The lowest BCUT2D eigenvalue weighted by Crippen LogP contribution is -2.48. The number of hydrogen-bond acceptors (Lipinski definition) is 5. The minimum absolute atomic E-state index is 0.0252. The second-order valence-corrected chi connectivity index (χ2v) is 7.57. The van der Waals surface area contributed by atoms with Crippen molar-refractivity contribution in [3.63, 3.8) is 0 Å². The van der Waals surface area contributed by atoms with Crippen LogP contribution in [0.1, 0.15) is 31.5 Å². The maximum absolute atomic E-state index is 12.3. The van der Waals surface area contributed by atoms with E-state index in [1.807, 2.05) is 0 Å². The Hall–Kier alpha value is -1.45. The van der Waals surface area contributed by atoms with Gasteiger partial charge in [-0.05, 0) is 26.2 Å². The predicted octanol–water partition coefficient (Wildman–Crippen LogP) is -0.263. The van der Waals surface area contributed by atoms with E-state index in [1.54, 1.807) is 23.4 Å². The predicted molar refractivity (Wildman–Crippen MR) is 86.2 cm³/mol. The van der Waals surface area contributed by atoms with E-state index in [0.29, 0.717) is 18.9 Å². The number of nitrogens with one attached hydrogen (secondary N) is 1. The quantitative estimate of drug-likeness (QED) is 0.739. The molecule has 0 bridgehead atoms. The molecule has 1 fully saturated rings. The lowest BCUT2D eigenvalue weighted by atomic mass is 10.0. The molecule has 8 nitrogen and oxygen atoms in total. The van der Waals surface area contributed by atoms with Crippen LogP contribution in [0, 0.1) is 6.92 Å². The Balaban J connectivity index is 1.89. The Labute approximate surface area is 137 Å². The summed E-state index contributed by atoms with van der Waals surface area (Å²) in [6.45, 7) is 2.94. The summed E-state index contributed by atoms with van der Waals surface area (Å²) in [6, 6.07) is 0.0753. The number of aromatic nitrogens is 2. The van der Waals surface area contributed by atoms with Crippen LogP contribution >= 0.6 is 0 Å². The minimum atomic E-state index is -3.68. The molecule has 1 aliphatic heterocycles. The molecule has 1 atom stereocenters. The third-order valence-corrected chi connectivity index (χ3v) is 5.54. The molecule has 1 aromatic rings. The first-order valence-electron chi connectivity index (χ1n) is 7.84. The molecule has 23 heavy (non-hydrogen) atoms. The average molecular weight is 343 g/mol. The van der Waals surface area contributed by atoms with Gasteiger partial charge in [-0.3, -0.25) is 4.79 Å². The lowest BCUT2D eigenvalue weighted by Gasteiger charge is -2.35. The van der Waals surface area contributed by atoms with Crippen LogP contribution in [-0.4, -0.2) is 54.5 Å². The van der Waals surface area contributed by atoms with Crippen LogP contribution in [0.2, 0.25) is 0 Å². The van der Waals surface area contributed by atoms with Crippen molar-refractivity contribution in [2.75, 3.05) is 19.6 Å². The molecular formula is C14H25N5O3S. The van der Waals surface area contributed by atoms with E-state index in [9.17, 15) is 13.2 Å². The number of nitrogens with zero attached hydrogens (tertiary/aromatic N) is 3. The third-order valence-electron chi connectivity index (χ3n) is 4.21. The van der Waals surface area contributed by atoms with E-state index in [4.69, 9.17) is 5.73 Å². The van der Waals surface area contributed by atoms with Gasteiger partial charge in [0, 0.05) is 45.3 Å². The molecule has 1 amide bonds. The summed E-state index contributed by atoms with van der Waals surface area (Å²) in [5.74, 6) is 0.556. The van der Waals surface area contributed by atoms with Crippen molar-refractivity contribution < 1.29 is 13.2 Å². The van der Waals surface area contributed by atoms with Gasteiger partial charge in [0.25, 0.3) is 10.0 Å². The van der Waals surface area contributed by atoms with Crippen molar-refractivity contribution in [3.8, 4) is 0 Å². The van der Waals surface area contributed by atoms with Crippen LogP contribution in [0.15, 0.2) is 11.2 Å². The summed E-state index contributed by atoms with van der Waals surface area (Å²) in [4.78, 5) is 18.0. The molecular weight excluding hydrogens is 318 g/mol. The average Bonchev–Trinajstić information content (AvgIpc) is 2.87. The molecule has 1 aliphatic rings. The summed E-state index contributed by atoms with van der Waals surface area (Å²) in [5, 5.41) is -0.0252. The molecule has 1 aromatic heterocycles. The Morgan fingerprint density at radius 3 is 2.83 bits per heavy atom. The van der Waals surface area contributed by atoms with E-state index in [2.05, 4.69) is 9.71 Å².